The van der Waals surface area contributed by atoms with Crippen LogP contribution in [0.3, 0.4) is 0 Å². The fourth-order valence-electron chi connectivity index (χ4n) is 5.86. The molecule has 1 N–H and O–H groups in total. The molecule has 2 atom stereocenters. The molecule has 0 saturated carbocycles. The highest BCUT2D eigenvalue weighted by molar-refractivity contribution is 5.70. The van der Waals surface area contributed by atoms with E-state index in [4.69, 9.17) is 0 Å². The minimum absolute atomic E-state index is 0.108. The molecule has 2 heteroatoms. The van der Waals surface area contributed by atoms with Gasteiger partial charge in [0, 0.05) is 0 Å². The Kier molecular flexibility index (Phi) is 28.6. The highest BCUT2D eigenvalue weighted by Crippen LogP contribution is 2.30. The minimum Gasteiger partial charge on any atom is -0.481 e. The monoisotopic (exact) mass is 509 g/mol. The lowest BCUT2D eigenvalue weighted by Gasteiger charge is -2.24. The molecule has 0 fully saturated rings. The first kappa shape index (κ1) is 35.5. The van der Waals surface area contributed by atoms with E-state index in [1.165, 1.54) is 154 Å². The van der Waals surface area contributed by atoms with E-state index >= 15 is 0 Å². The van der Waals surface area contributed by atoms with Gasteiger partial charge >= 0.3 is 5.97 Å². The molecule has 0 aromatic carbocycles. The Hall–Kier alpha value is -0.530. The number of hydrogen-bond acceptors (Lipinski definition) is 1. The zero-order chi connectivity index (χ0) is 26.5. The van der Waals surface area contributed by atoms with Gasteiger partial charge in [-0.1, -0.05) is 181 Å². The summed E-state index contributed by atoms with van der Waals surface area (Å²) in [6.45, 7) is 6.83. The third-order valence-electron chi connectivity index (χ3n) is 8.36. The first-order chi connectivity index (χ1) is 17.7. The Morgan fingerprint density at radius 1 is 0.417 bits per heavy atom. The Balaban J connectivity index is 4.24. The van der Waals surface area contributed by atoms with Crippen LogP contribution >= 0.6 is 0 Å². The SMILES string of the molecule is CCCCCCCCCCCCCCC(C(=O)O)C(CCCCCCCC)CCCCCCCCC. The van der Waals surface area contributed by atoms with E-state index in [1.807, 2.05) is 0 Å². The van der Waals surface area contributed by atoms with Crippen LogP contribution in [0.25, 0.3) is 0 Å². The first-order valence-corrected chi connectivity index (χ1v) is 16.9. The van der Waals surface area contributed by atoms with Crippen molar-refractivity contribution in [1.29, 1.82) is 0 Å². The van der Waals surface area contributed by atoms with Gasteiger partial charge in [0.1, 0.15) is 0 Å². The topological polar surface area (TPSA) is 37.3 Å². The molecule has 0 radical (unpaired) electrons. The van der Waals surface area contributed by atoms with Crippen LogP contribution in [0.2, 0.25) is 0 Å². The zero-order valence-electron chi connectivity index (χ0n) is 25.3. The summed E-state index contributed by atoms with van der Waals surface area (Å²) in [4.78, 5) is 12.3. The summed E-state index contributed by atoms with van der Waals surface area (Å²) in [6.07, 6.45) is 36.4. The maximum Gasteiger partial charge on any atom is 0.306 e. The largest absolute Gasteiger partial charge is 0.481 e. The zero-order valence-corrected chi connectivity index (χ0v) is 25.3. The van der Waals surface area contributed by atoms with Crippen molar-refractivity contribution in [3.05, 3.63) is 0 Å². The second kappa shape index (κ2) is 29.0. The quantitative estimate of drug-likeness (QED) is 0.0979. The van der Waals surface area contributed by atoms with Crippen LogP contribution in [-0.2, 0) is 4.79 Å². The molecular formula is C34H68O2. The summed E-state index contributed by atoms with van der Waals surface area (Å²) in [7, 11) is 0. The Bertz CT molecular complexity index is 433. The van der Waals surface area contributed by atoms with E-state index in [-0.39, 0.29) is 5.92 Å². The number of carbonyl (C=O) groups is 1. The second-order valence-electron chi connectivity index (χ2n) is 11.8. The van der Waals surface area contributed by atoms with Gasteiger partial charge in [-0.2, -0.15) is 0 Å². The van der Waals surface area contributed by atoms with E-state index in [2.05, 4.69) is 20.8 Å². The lowest BCUT2D eigenvalue weighted by Crippen LogP contribution is -2.24. The van der Waals surface area contributed by atoms with E-state index < -0.39 is 5.97 Å². The Morgan fingerprint density at radius 2 is 0.667 bits per heavy atom. The van der Waals surface area contributed by atoms with Gasteiger partial charge in [-0.05, 0) is 25.2 Å². The van der Waals surface area contributed by atoms with Crippen molar-refractivity contribution in [2.24, 2.45) is 11.8 Å². The molecule has 0 saturated heterocycles. The van der Waals surface area contributed by atoms with E-state index in [9.17, 15) is 9.90 Å². The van der Waals surface area contributed by atoms with Crippen molar-refractivity contribution < 1.29 is 9.90 Å². The van der Waals surface area contributed by atoms with Crippen LogP contribution in [-0.4, -0.2) is 11.1 Å². The van der Waals surface area contributed by atoms with Gasteiger partial charge < -0.3 is 5.11 Å². The van der Waals surface area contributed by atoms with Crippen molar-refractivity contribution >= 4 is 5.97 Å². The van der Waals surface area contributed by atoms with E-state index in [0.29, 0.717) is 5.92 Å². The average molecular weight is 509 g/mol. The van der Waals surface area contributed by atoms with Crippen molar-refractivity contribution in [2.75, 3.05) is 0 Å². The number of unbranched alkanes of at least 4 members (excludes halogenated alkanes) is 22. The number of aliphatic carboxylic acids is 1. The predicted octanol–water partition coefficient (Wildman–Crippen LogP) is 12.3. The molecule has 0 aliphatic carbocycles. The van der Waals surface area contributed by atoms with E-state index in [0.717, 1.165) is 25.7 Å². The van der Waals surface area contributed by atoms with Crippen molar-refractivity contribution in [3.8, 4) is 0 Å². The van der Waals surface area contributed by atoms with Gasteiger partial charge in [0.05, 0.1) is 5.92 Å². The highest BCUT2D eigenvalue weighted by Gasteiger charge is 2.26. The summed E-state index contributed by atoms with van der Waals surface area (Å²) in [5.74, 6) is -0.224. The van der Waals surface area contributed by atoms with Crippen LogP contribution in [0.4, 0.5) is 0 Å². The van der Waals surface area contributed by atoms with Crippen molar-refractivity contribution in [3.63, 3.8) is 0 Å². The molecule has 36 heavy (non-hydrogen) atoms. The van der Waals surface area contributed by atoms with Gasteiger partial charge in [-0.15, -0.1) is 0 Å². The van der Waals surface area contributed by atoms with Gasteiger partial charge in [0.25, 0.3) is 0 Å². The molecule has 0 heterocycles. The second-order valence-corrected chi connectivity index (χ2v) is 11.8. The molecule has 0 aliphatic heterocycles. The van der Waals surface area contributed by atoms with Crippen LogP contribution in [0.15, 0.2) is 0 Å². The molecule has 0 amide bonds. The number of hydrogen-bond donors (Lipinski definition) is 1. The number of rotatable bonds is 30. The van der Waals surface area contributed by atoms with Crippen LogP contribution in [0.1, 0.15) is 201 Å². The summed E-state index contributed by atoms with van der Waals surface area (Å²) < 4.78 is 0. The molecule has 2 nitrogen and oxygen atoms in total. The maximum absolute atomic E-state index is 12.3. The van der Waals surface area contributed by atoms with Crippen molar-refractivity contribution in [2.45, 2.75) is 201 Å². The van der Waals surface area contributed by atoms with Gasteiger partial charge in [-0.3, -0.25) is 4.79 Å². The highest BCUT2D eigenvalue weighted by atomic mass is 16.4. The van der Waals surface area contributed by atoms with Crippen LogP contribution < -0.4 is 0 Å². The first-order valence-electron chi connectivity index (χ1n) is 16.9. The summed E-state index contributed by atoms with van der Waals surface area (Å²) >= 11 is 0. The molecule has 0 bridgehead atoms. The molecular weight excluding hydrogens is 440 g/mol. The number of carboxylic acid groups (broad SMARTS) is 1. The average Bonchev–Trinajstić information content (AvgIpc) is 2.87. The lowest BCUT2D eigenvalue weighted by molar-refractivity contribution is -0.144. The van der Waals surface area contributed by atoms with Gasteiger partial charge in [0.15, 0.2) is 0 Å². The maximum atomic E-state index is 12.3. The third-order valence-corrected chi connectivity index (χ3v) is 8.36. The van der Waals surface area contributed by atoms with Gasteiger partial charge in [0.2, 0.25) is 0 Å². The summed E-state index contributed by atoms with van der Waals surface area (Å²) in [5, 5.41) is 10.1. The number of carboxylic acids is 1. The molecule has 0 aromatic rings. The molecule has 0 spiro atoms. The summed E-state index contributed by atoms with van der Waals surface area (Å²) in [6, 6.07) is 0. The Morgan fingerprint density at radius 3 is 0.944 bits per heavy atom. The smallest absolute Gasteiger partial charge is 0.306 e. The van der Waals surface area contributed by atoms with Crippen LogP contribution in [0.5, 0.6) is 0 Å². The van der Waals surface area contributed by atoms with Gasteiger partial charge in [-0.25, -0.2) is 0 Å². The van der Waals surface area contributed by atoms with E-state index in [1.54, 1.807) is 0 Å². The Labute approximate surface area is 228 Å². The lowest BCUT2D eigenvalue weighted by atomic mass is 9.80. The molecule has 0 rings (SSSR count). The molecule has 2 unspecified atom stereocenters. The minimum atomic E-state index is -0.517. The fraction of sp³-hybridized carbons (Fsp3) is 0.971. The molecule has 216 valence electrons. The standard InChI is InChI=1S/C34H68O2/c1-4-7-10-13-16-17-18-19-20-22-25-28-31-33(34(35)36)32(29-26-23-15-12-9-6-3)30-27-24-21-14-11-8-5-2/h32-33H,4-31H2,1-3H3,(H,35,36). The molecule has 0 aliphatic rings. The van der Waals surface area contributed by atoms with Crippen molar-refractivity contribution in [1.82, 2.24) is 0 Å². The third kappa shape index (κ3) is 23.8. The molecule has 0 aromatic heterocycles. The summed E-state index contributed by atoms with van der Waals surface area (Å²) in [5.41, 5.74) is 0. The predicted molar refractivity (Wildman–Crippen MR) is 161 cm³/mol. The normalized spacial score (nSPS) is 13.2. The van der Waals surface area contributed by atoms with Crippen LogP contribution in [0, 0.1) is 11.8 Å². The fourth-order valence-corrected chi connectivity index (χ4v) is 5.86.